The summed E-state index contributed by atoms with van der Waals surface area (Å²) in [6.45, 7) is 2.10. The Morgan fingerprint density at radius 1 is 1.60 bits per heavy atom. The van der Waals surface area contributed by atoms with E-state index in [2.05, 4.69) is 11.6 Å². The van der Waals surface area contributed by atoms with Gasteiger partial charge in [-0.2, -0.15) is 0 Å². The van der Waals surface area contributed by atoms with E-state index in [1.165, 1.54) is 0 Å². The second kappa shape index (κ2) is 2.88. The fraction of sp³-hybridized carbons (Fsp3) is 1.00. The van der Waals surface area contributed by atoms with Crippen LogP contribution in [-0.4, -0.2) is 20.2 Å². The second-order valence-electron chi connectivity index (χ2n) is 2.74. The van der Waals surface area contributed by atoms with Crippen molar-refractivity contribution in [1.29, 1.82) is 0 Å². The number of sulfonamides is 1. The summed E-state index contributed by atoms with van der Waals surface area (Å²) < 4.78 is 23.6. The zero-order valence-corrected chi connectivity index (χ0v) is 6.95. The van der Waals surface area contributed by atoms with Crippen molar-refractivity contribution >= 4 is 10.0 Å². The number of rotatable bonds is 3. The molecule has 0 aromatic carbocycles. The number of nitrogens with one attached hydrogen (secondary N) is 1. The van der Waals surface area contributed by atoms with E-state index in [4.69, 9.17) is 0 Å². The van der Waals surface area contributed by atoms with Gasteiger partial charge in [-0.05, 0) is 6.42 Å². The Hall–Kier alpha value is -0.0900. The van der Waals surface area contributed by atoms with Crippen LogP contribution >= 0.6 is 0 Å². The molecule has 0 spiro atoms. The van der Waals surface area contributed by atoms with Crippen molar-refractivity contribution < 1.29 is 8.42 Å². The van der Waals surface area contributed by atoms with Gasteiger partial charge in [0, 0.05) is 6.04 Å². The van der Waals surface area contributed by atoms with E-state index in [9.17, 15) is 8.42 Å². The van der Waals surface area contributed by atoms with Crippen LogP contribution in [0.25, 0.3) is 0 Å². The van der Waals surface area contributed by atoms with Gasteiger partial charge in [0.2, 0.25) is 10.0 Å². The zero-order valence-electron chi connectivity index (χ0n) is 6.13. The van der Waals surface area contributed by atoms with Gasteiger partial charge in [0.15, 0.2) is 0 Å². The van der Waals surface area contributed by atoms with Crippen LogP contribution in [0, 0.1) is 0 Å². The summed E-state index contributed by atoms with van der Waals surface area (Å²) in [5.41, 5.74) is 0. The highest BCUT2D eigenvalue weighted by Crippen LogP contribution is 2.11. The van der Waals surface area contributed by atoms with E-state index in [-0.39, 0.29) is 6.04 Å². The minimum Gasteiger partial charge on any atom is -0.212 e. The molecule has 4 heteroatoms. The van der Waals surface area contributed by atoms with Gasteiger partial charge in [-0.3, -0.25) is 0 Å². The summed E-state index contributed by atoms with van der Waals surface area (Å²) in [5, 5.41) is 0. The van der Waals surface area contributed by atoms with E-state index in [1.807, 2.05) is 0 Å². The molecule has 1 aliphatic heterocycles. The summed E-state index contributed by atoms with van der Waals surface area (Å²) in [6, 6.07) is 0.241. The van der Waals surface area contributed by atoms with Crippen LogP contribution in [-0.2, 0) is 10.0 Å². The van der Waals surface area contributed by atoms with Crippen molar-refractivity contribution in [2.75, 3.05) is 5.75 Å². The molecule has 60 valence electrons. The topological polar surface area (TPSA) is 46.2 Å². The standard InChI is InChI=1S/C6H13NO2S/c1-2-3-4-6-5-10(8,9)7-6/h6-7H,2-5H2,1H3. The van der Waals surface area contributed by atoms with Crippen LogP contribution in [0.15, 0.2) is 0 Å². The molecule has 1 saturated heterocycles. The molecule has 1 fully saturated rings. The summed E-state index contributed by atoms with van der Waals surface area (Å²) in [7, 11) is -2.81. The lowest BCUT2D eigenvalue weighted by Crippen LogP contribution is -2.52. The largest absolute Gasteiger partial charge is 0.213 e. The normalized spacial score (nSPS) is 29.5. The van der Waals surface area contributed by atoms with Gasteiger partial charge in [0.25, 0.3) is 0 Å². The molecule has 1 rings (SSSR count). The third-order valence-electron chi connectivity index (χ3n) is 1.67. The molecule has 0 bridgehead atoms. The molecule has 0 radical (unpaired) electrons. The van der Waals surface area contributed by atoms with Crippen molar-refractivity contribution in [3.8, 4) is 0 Å². The number of unbranched alkanes of at least 4 members (excludes halogenated alkanes) is 1. The Morgan fingerprint density at radius 3 is 2.60 bits per heavy atom. The quantitative estimate of drug-likeness (QED) is 0.657. The van der Waals surface area contributed by atoms with E-state index in [0.717, 1.165) is 19.3 Å². The van der Waals surface area contributed by atoms with E-state index < -0.39 is 10.0 Å². The Kier molecular flexibility index (Phi) is 2.31. The molecular formula is C6H13NO2S. The van der Waals surface area contributed by atoms with Crippen LogP contribution in [0.5, 0.6) is 0 Å². The van der Waals surface area contributed by atoms with Crippen molar-refractivity contribution in [3.05, 3.63) is 0 Å². The first-order valence-electron chi connectivity index (χ1n) is 3.64. The maximum Gasteiger partial charge on any atom is 0.213 e. The summed E-state index contributed by atoms with van der Waals surface area (Å²) in [6.07, 6.45) is 3.25. The van der Waals surface area contributed by atoms with Gasteiger partial charge in [0.05, 0.1) is 5.75 Å². The Morgan fingerprint density at radius 2 is 2.20 bits per heavy atom. The van der Waals surface area contributed by atoms with Crippen LogP contribution in [0.1, 0.15) is 26.2 Å². The van der Waals surface area contributed by atoms with E-state index in [1.54, 1.807) is 0 Å². The van der Waals surface area contributed by atoms with Crippen LogP contribution in [0.3, 0.4) is 0 Å². The molecule has 0 saturated carbocycles. The Balaban J connectivity index is 2.15. The van der Waals surface area contributed by atoms with Gasteiger partial charge < -0.3 is 0 Å². The van der Waals surface area contributed by atoms with Crippen LogP contribution < -0.4 is 4.72 Å². The number of hydrogen-bond donors (Lipinski definition) is 1. The molecule has 1 unspecified atom stereocenters. The van der Waals surface area contributed by atoms with E-state index >= 15 is 0 Å². The fourth-order valence-corrected chi connectivity index (χ4v) is 2.38. The molecule has 1 N–H and O–H groups in total. The summed E-state index contributed by atoms with van der Waals surface area (Å²) in [4.78, 5) is 0. The minimum absolute atomic E-state index is 0.241. The maximum absolute atomic E-state index is 10.5. The molecule has 0 aliphatic carbocycles. The highest BCUT2D eigenvalue weighted by Gasteiger charge is 2.30. The first-order chi connectivity index (χ1) is 4.64. The van der Waals surface area contributed by atoms with Gasteiger partial charge in [-0.1, -0.05) is 19.8 Å². The Labute approximate surface area is 61.9 Å². The molecule has 0 aromatic heterocycles. The summed E-state index contributed by atoms with van der Waals surface area (Å²) in [5.74, 6) is 0.340. The average molecular weight is 163 g/mol. The third kappa shape index (κ3) is 1.95. The molecular weight excluding hydrogens is 150 g/mol. The van der Waals surface area contributed by atoms with Crippen molar-refractivity contribution in [2.45, 2.75) is 32.2 Å². The smallest absolute Gasteiger partial charge is 0.212 e. The lowest BCUT2D eigenvalue weighted by Gasteiger charge is -2.26. The fourth-order valence-electron chi connectivity index (χ4n) is 1.09. The number of hydrogen-bond acceptors (Lipinski definition) is 2. The van der Waals surface area contributed by atoms with Crippen molar-refractivity contribution in [2.24, 2.45) is 0 Å². The van der Waals surface area contributed by atoms with Crippen molar-refractivity contribution in [1.82, 2.24) is 4.72 Å². The minimum atomic E-state index is -2.81. The molecule has 10 heavy (non-hydrogen) atoms. The first-order valence-corrected chi connectivity index (χ1v) is 5.29. The molecule has 0 amide bonds. The highest BCUT2D eigenvalue weighted by atomic mass is 32.2. The summed E-state index contributed by atoms with van der Waals surface area (Å²) >= 11 is 0. The third-order valence-corrected chi connectivity index (χ3v) is 3.21. The average Bonchev–Trinajstić information content (AvgIpc) is 1.78. The molecule has 3 nitrogen and oxygen atoms in total. The monoisotopic (exact) mass is 163 g/mol. The molecule has 1 heterocycles. The lowest BCUT2D eigenvalue weighted by molar-refractivity contribution is 0.486. The SMILES string of the molecule is CCCCC1CS(=O)(=O)N1. The van der Waals surface area contributed by atoms with Gasteiger partial charge in [-0.25, -0.2) is 13.1 Å². The maximum atomic E-state index is 10.5. The van der Waals surface area contributed by atoms with Gasteiger partial charge in [-0.15, -0.1) is 0 Å². The van der Waals surface area contributed by atoms with Gasteiger partial charge >= 0.3 is 0 Å². The van der Waals surface area contributed by atoms with Crippen molar-refractivity contribution in [3.63, 3.8) is 0 Å². The molecule has 1 aliphatic rings. The van der Waals surface area contributed by atoms with Gasteiger partial charge in [0.1, 0.15) is 0 Å². The van der Waals surface area contributed by atoms with Crippen LogP contribution in [0.4, 0.5) is 0 Å². The second-order valence-corrected chi connectivity index (χ2v) is 4.54. The zero-order chi connectivity index (χ0) is 7.61. The molecule has 1 atom stereocenters. The lowest BCUT2D eigenvalue weighted by atomic mass is 10.1. The van der Waals surface area contributed by atoms with Crippen LogP contribution in [0.2, 0.25) is 0 Å². The van der Waals surface area contributed by atoms with E-state index in [0.29, 0.717) is 5.75 Å². The highest BCUT2D eigenvalue weighted by molar-refractivity contribution is 7.90. The molecule has 0 aromatic rings. The first kappa shape index (κ1) is 8.01. The predicted octanol–water partition coefficient (Wildman–Crippen LogP) is 0.478. The Bertz CT molecular complexity index is 186. The predicted molar refractivity (Wildman–Crippen MR) is 40.2 cm³/mol.